The lowest BCUT2D eigenvalue weighted by Crippen LogP contribution is -2.71. The molecular formula is C30H35Cl2N7S. The summed E-state index contributed by atoms with van der Waals surface area (Å²) in [5.74, 6) is 1.06. The molecule has 0 aliphatic carbocycles. The Morgan fingerprint density at radius 3 is 2.50 bits per heavy atom. The van der Waals surface area contributed by atoms with Gasteiger partial charge in [0.1, 0.15) is 5.82 Å². The topological polar surface area (TPSA) is 94.2 Å². The summed E-state index contributed by atoms with van der Waals surface area (Å²) in [5, 5.41) is 14.2. The van der Waals surface area contributed by atoms with Crippen LogP contribution < -0.4 is 16.0 Å². The van der Waals surface area contributed by atoms with E-state index in [0.717, 1.165) is 53.9 Å². The van der Waals surface area contributed by atoms with Gasteiger partial charge in [0, 0.05) is 72.2 Å². The largest absolute Gasteiger partial charge is 0.398 e. The molecule has 0 amide bonds. The molecule has 40 heavy (non-hydrogen) atoms. The average molecular weight is 597 g/mol. The fourth-order valence-corrected chi connectivity index (χ4v) is 8.49. The van der Waals surface area contributed by atoms with E-state index in [4.69, 9.17) is 39.3 Å². The van der Waals surface area contributed by atoms with Gasteiger partial charge >= 0.3 is 0 Å². The SMILES string of the molecule is C[C@@H](Cc1ccc(N)c(C(=N)c2ccc(N3CC4(CN(SC5CCNCC5)C4)C3)nc2)c1)c1c(Cl)cncc1Cl. The lowest BCUT2D eigenvalue weighted by atomic mass is 9.74. The van der Waals surface area contributed by atoms with Crippen LogP contribution in [0.25, 0.3) is 0 Å². The number of nitrogens with two attached hydrogens (primary N) is 1. The first kappa shape index (κ1) is 27.8. The molecule has 3 aliphatic heterocycles. The Labute approximate surface area is 250 Å². The lowest BCUT2D eigenvalue weighted by Gasteiger charge is -2.60. The summed E-state index contributed by atoms with van der Waals surface area (Å²) in [5.41, 5.74) is 11.1. The third-order valence-electron chi connectivity index (χ3n) is 8.33. The van der Waals surface area contributed by atoms with Crippen LogP contribution in [0.5, 0.6) is 0 Å². The number of nitrogen functional groups attached to an aromatic ring is 1. The van der Waals surface area contributed by atoms with E-state index in [1.807, 2.05) is 30.3 Å². The Hall–Kier alpha value is -2.36. The average Bonchev–Trinajstić information content (AvgIpc) is 2.90. The molecular weight excluding hydrogens is 561 g/mol. The number of nitrogens with zero attached hydrogens (tertiary/aromatic N) is 4. The number of hydrogen-bond donors (Lipinski definition) is 3. The van der Waals surface area contributed by atoms with Gasteiger partial charge < -0.3 is 16.0 Å². The highest BCUT2D eigenvalue weighted by Gasteiger charge is 2.52. The van der Waals surface area contributed by atoms with Gasteiger partial charge in [-0.05, 0) is 73.7 Å². The van der Waals surface area contributed by atoms with E-state index in [9.17, 15) is 0 Å². The van der Waals surface area contributed by atoms with Crippen molar-refractivity contribution in [1.82, 2.24) is 19.6 Å². The lowest BCUT2D eigenvalue weighted by molar-refractivity contribution is 0.0465. The van der Waals surface area contributed by atoms with Crippen molar-refractivity contribution in [2.24, 2.45) is 5.41 Å². The molecule has 1 atom stereocenters. The Kier molecular flexibility index (Phi) is 7.98. The number of aromatic nitrogens is 2. The molecule has 7 nitrogen and oxygen atoms in total. The summed E-state index contributed by atoms with van der Waals surface area (Å²) in [6, 6.07) is 9.88. The normalized spacial score (nSPS) is 19.7. The van der Waals surface area contributed by atoms with Crippen molar-refractivity contribution in [3.05, 3.63) is 81.2 Å². The van der Waals surface area contributed by atoms with Crippen LogP contribution in [0.15, 0.2) is 48.9 Å². The molecule has 1 aromatic carbocycles. The van der Waals surface area contributed by atoms with Crippen molar-refractivity contribution >= 4 is 52.4 Å². The Bertz CT molecular complexity index is 1360. The van der Waals surface area contributed by atoms with E-state index in [1.165, 1.54) is 25.9 Å². The minimum atomic E-state index is 0.0836. The summed E-state index contributed by atoms with van der Waals surface area (Å²) in [7, 11) is 0. The highest BCUT2D eigenvalue weighted by molar-refractivity contribution is 7.97. The van der Waals surface area contributed by atoms with Crippen LogP contribution in [0, 0.1) is 10.8 Å². The van der Waals surface area contributed by atoms with Gasteiger partial charge in [-0.3, -0.25) is 10.4 Å². The standard InChI is InChI=1S/C30H35Cl2N7S/c1-19(28-24(31)13-36-14-25(28)32)10-20-2-4-26(33)23(11-20)29(34)21-3-5-27(37-12-21)38-15-30(16-38)17-39(18-30)40-22-6-8-35-9-7-22/h2-5,11-14,19,22,34-35H,6-10,15-18,33H2,1H3/t19-/m0/s1. The minimum absolute atomic E-state index is 0.0836. The number of hydrogen-bond acceptors (Lipinski definition) is 8. The number of halogens is 2. The molecule has 3 aromatic rings. The zero-order chi connectivity index (χ0) is 27.9. The number of piperidine rings is 1. The predicted molar refractivity (Wildman–Crippen MR) is 167 cm³/mol. The third-order valence-corrected chi connectivity index (χ3v) is 10.3. The second-order valence-corrected chi connectivity index (χ2v) is 13.7. The molecule has 1 spiro atoms. The van der Waals surface area contributed by atoms with Crippen molar-refractivity contribution in [3.63, 3.8) is 0 Å². The predicted octanol–water partition coefficient (Wildman–Crippen LogP) is 5.65. The first-order chi connectivity index (χ1) is 19.3. The fraction of sp³-hybridized carbons (Fsp3) is 0.433. The van der Waals surface area contributed by atoms with Gasteiger partial charge in [-0.1, -0.05) is 48.1 Å². The van der Waals surface area contributed by atoms with E-state index in [0.29, 0.717) is 38.8 Å². The summed E-state index contributed by atoms with van der Waals surface area (Å²) in [6.45, 7) is 8.85. The first-order valence-electron chi connectivity index (χ1n) is 13.9. The Morgan fingerprint density at radius 2 is 1.82 bits per heavy atom. The second kappa shape index (κ2) is 11.5. The van der Waals surface area contributed by atoms with E-state index in [2.05, 4.69) is 38.4 Å². The Morgan fingerprint density at radius 1 is 1.10 bits per heavy atom. The van der Waals surface area contributed by atoms with Crippen molar-refractivity contribution in [3.8, 4) is 0 Å². The highest BCUT2D eigenvalue weighted by Crippen LogP contribution is 2.45. The third kappa shape index (κ3) is 5.70. The van der Waals surface area contributed by atoms with Crippen LogP contribution in [0.3, 0.4) is 0 Å². The maximum absolute atomic E-state index is 8.89. The molecule has 3 fully saturated rings. The van der Waals surface area contributed by atoms with Gasteiger partial charge in [0.15, 0.2) is 0 Å². The number of pyridine rings is 2. The molecule has 210 valence electrons. The molecule has 2 aromatic heterocycles. The number of nitrogens with one attached hydrogen (secondary N) is 2. The van der Waals surface area contributed by atoms with Crippen LogP contribution in [0.2, 0.25) is 10.0 Å². The first-order valence-corrected chi connectivity index (χ1v) is 15.5. The minimum Gasteiger partial charge on any atom is -0.398 e. The second-order valence-electron chi connectivity index (χ2n) is 11.5. The molecule has 10 heteroatoms. The molecule has 0 radical (unpaired) electrons. The van der Waals surface area contributed by atoms with Gasteiger partial charge in [-0.2, -0.15) is 0 Å². The van der Waals surface area contributed by atoms with Crippen molar-refractivity contribution in [2.45, 2.75) is 37.4 Å². The molecule has 3 aliphatic rings. The monoisotopic (exact) mass is 595 g/mol. The zero-order valence-corrected chi connectivity index (χ0v) is 25.0. The summed E-state index contributed by atoms with van der Waals surface area (Å²) in [4.78, 5) is 11.1. The van der Waals surface area contributed by atoms with Gasteiger partial charge in [-0.25, -0.2) is 9.29 Å². The number of rotatable bonds is 8. The van der Waals surface area contributed by atoms with Crippen LogP contribution in [-0.4, -0.2) is 64.5 Å². The smallest absolute Gasteiger partial charge is 0.128 e. The van der Waals surface area contributed by atoms with Crippen molar-refractivity contribution in [1.29, 1.82) is 5.41 Å². The van der Waals surface area contributed by atoms with Gasteiger partial charge in [0.05, 0.1) is 15.8 Å². The van der Waals surface area contributed by atoms with Crippen LogP contribution in [0.1, 0.15) is 47.9 Å². The molecule has 0 bridgehead atoms. The van der Waals surface area contributed by atoms with E-state index in [1.54, 1.807) is 18.6 Å². The summed E-state index contributed by atoms with van der Waals surface area (Å²) < 4.78 is 2.56. The van der Waals surface area contributed by atoms with Gasteiger partial charge in [-0.15, -0.1) is 0 Å². The van der Waals surface area contributed by atoms with Gasteiger partial charge in [0.25, 0.3) is 0 Å². The maximum atomic E-state index is 8.89. The van der Waals surface area contributed by atoms with Crippen molar-refractivity contribution < 1.29 is 0 Å². The number of anilines is 2. The maximum Gasteiger partial charge on any atom is 0.128 e. The van der Waals surface area contributed by atoms with E-state index < -0.39 is 0 Å². The van der Waals surface area contributed by atoms with Crippen LogP contribution in [-0.2, 0) is 6.42 Å². The molecule has 4 N–H and O–H groups in total. The summed E-state index contributed by atoms with van der Waals surface area (Å²) in [6.07, 6.45) is 8.30. The fourth-order valence-electron chi connectivity index (χ4n) is 6.18. The number of benzene rings is 1. The summed E-state index contributed by atoms with van der Waals surface area (Å²) >= 11 is 14.8. The van der Waals surface area contributed by atoms with E-state index in [-0.39, 0.29) is 5.92 Å². The highest BCUT2D eigenvalue weighted by atomic mass is 35.5. The molecule has 6 rings (SSSR count). The molecule has 0 saturated carbocycles. The van der Waals surface area contributed by atoms with E-state index >= 15 is 0 Å². The zero-order valence-electron chi connectivity index (χ0n) is 22.7. The quantitative estimate of drug-likeness (QED) is 0.176. The van der Waals surface area contributed by atoms with Crippen LogP contribution >= 0.6 is 35.1 Å². The molecule has 3 saturated heterocycles. The Balaban J connectivity index is 1.06. The van der Waals surface area contributed by atoms with Crippen molar-refractivity contribution in [2.75, 3.05) is 49.9 Å². The van der Waals surface area contributed by atoms with Crippen LogP contribution in [0.4, 0.5) is 11.5 Å². The van der Waals surface area contributed by atoms with Gasteiger partial charge in [0.2, 0.25) is 0 Å². The molecule has 5 heterocycles. The molecule has 0 unspecified atom stereocenters.